The fraction of sp³-hybridized carbons (Fsp3) is 0.0952. The number of nitrogens with one attached hydrogen (secondary N) is 2. The van der Waals surface area contributed by atoms with E-state index < -0.39 is 0 Å². The second kappa shape index (κ2) is 7.39. The molecule has 0 radical (unpaired) electrons. The van der Waals surface area contributed by atoms with Crippen LogP contribution in [0.4, 0.5) is 0 Å². The van der Waals surface area contributed by atoms with Crippen molar-refractivity contribution in [3.63, 3.8) is 0 Å². The van der Waals surface area contributed by atoms with E-state index in [0.29, 0.717) is 22.4 Å². The molecule has 6 nitrogen and oxygen atoms in total. The van der Waals surface area contributed by atoms with Crippen LogP contribution >= 0.6 is 0 Å². The van der Waals surface area contributed by atoms with Gasteiger partial charge < -0.3 is 15.4 Å². The zero-order chi connectivity index (χ0) is 18.6. The van der Waals surface area contributed by atoms with Gasteiger partial charge in [0.05, 0.1) is 17.1 Å². The third-order valence-corrected chi connectivity index (χ3v) is 4.39. The van der Waals surface area contributed by atoms with Crippen LogP contribution in [0.15, 0.2) is 73.1 Å². The van der Waals surface area contributed by atoms with Gasteiger partial charge in [0.1, 0.15) is 12.4 Å². The van der Waals surface area contributed by atoms with E-state index in [9.17, 15) is 9.90 Å². The number of carbonyl (C=O) groups is 1. The van der Waals surface area contributed by atoms with E-state index >= 15 is 0 Å². The van der Waals surface area contributed by atoms with Crippen LogP contribution in [0, 0.1) is 0 Å². The predicted molar refractivity (Wildman–Crippen MR) is 102 cm³/mol. The lowest BCUT2D eigenvalue weighted by atomic mass is 9.99. The van der Waals surface area contributed by atoms with Gasteiger partial charge in [-0.05, 0) is 41.5 Å². The van der Waals surface area contributed by atoms with Crippen molar-refractivity contribution in [1.82, 2.24) is 20.3 Å². The molecule has 1 atom stereocenters. The Morgan fingerprint density at radius 3 is 2.52 bits per heavy atom. The average Bonchev–Trinajstić information content (AvgIpc) is 3.15. The Balaban J connectivity index is 1.65. The molecule has 0 saturated heterocycles. The fourth-order valence-electron chi connectivity index (χ4n) is 3.05. The topological polar surface area (TPSA) is 90.9 Å². The molecule has 0 spiro atoms. The second-order valence-corrected chi connectivity index (χ2v) is 6.17. The van der Waals surface area contributed by atoms with Gasteiger partial charge in [-0.25, -0.2) is 4.98 Å². The highest BCUT2D eigenvalue weighted by atomic mass is 16.3. The number of hydrogen-bond donors (Lipinski definition) is 3. The Hall–Kier alpha value is -3.51. The number of hydrogen-bond acceptors (Lipinski definition) is 4. The van der Waals surface area contributed by atoms with Crippen LogP contribution in [-0.4, -0.2) is 26.0 Å². The summed E-state index contributed by atoms with van der Waals surface area (Å²) in [5.74, 6) is 0.282. The number of nitrogens with zero attached hydrogens (tertiary/aromatic N) is 2. The van der Waals surface area contributed by atoms with Crippen molar-refractivity contribution in [3.05, 3.63) is 95.6 Å². The van der Waals surface area contributed by atoms with E-state index in [4.69, 9.17) is 0 Å². The number of pyridine rings is 1. The highest BCUT2D eigenvalue weighted by Crippen LogP contribution is 2.22. The van der Waals surface area contributed by atoms with E-state index in [2.05, 4.69) is 20.3 Å². The molecular weight excluding hydrogens is 340 g/mol. The summed E-state index contributed by atoms with van der Waals surface area (Å²) in [5, 5.41) is 12.3. The summed E-state index contributed by atoms with van der Waals surface area (Å²) >= 11 is 0. The molecule has 2 aromatic heterocycles. The summed E-state index contributed by atoms with van der Waals surface area (Å²) in [6, 6.07) is 18.5. The van der Waals surface area contributed by atoms with Crippen molar-refractivity contribution in [2.45, 2.75) is 12.6 Å². The molecule has 0 aliphatic rings. The number of carbonyl (C=O) groups excluding carboxylic acids is 1. The Kier molecular flexibility index (Phi) is 4.63. The number of imidazole rings is 1. The van der Waals surface area contributed by atoms with Gasteiger partial charge in [-0.15, -0.1) is 0 Å². The number of fused-ring (bicyclic) bond motifs is 1. The molecular formula is C21H18N4O2. The second-order valence-electron chi connectivity index (χ2n) is 6.17. The van der Waals surface area contributed by atoms with Crippen molar-refractivity contribution in [3.8, 4) is 0 Å². The Morgan fingerprint density at radius 1 is 1.04 bits per heavy atom. The molecule has 2 aromatic carbocycles. The lowest BCUT2D eigenvalue weighted by Crippen LogP contribution is -2.29. The molecule has 0 fully saturated rings. The van der Waals surface area contributed by atoms with Crippen LogP contribution in [0.25, 0.3) is 11.0 Å². The zero-order valence-electron chi connectivity index (χ0n) is 14.5. The summed E-state index contributed by atoms with van der Waals surface area (Å²) in [5.41, 5.74) is 3.89. The van der Waals surface area contributed by atoms with E-state index in [0.717, 1.165) is 11.1 Å². The van der Waals surface area contributed by atoms with Crippen LogP contribution in [-0.2, 0) is 6.61 Å². The summed E-state index contributed by atoms with van der Waals surface area (Å²) < 4.78 is 0. The Labute approximate surface area is 155 Å². The van der Waals surface area contributed by atoms with Gasteiger partial charge in [0.25, 0.3) is 5.91 Å². The smallest absolute Gasteiger partial charge is 0.252 e. The maximum Gasteiger partial charge on any atom is 0.252 e. The minimum absolute atomic E-state index is 0.172. The monoisotopic (exact) mass is 358 g/mol. The van der Waals surface area contributed by atoms with Crippen molar-refractivity contribution in [1.29, 1.82) is 0 Å². The van der Waals surface area contributed by atoms with Gasteiger partial charge in [-0.2, -0.15) is 0 Å². The van der Waals surface area contributed by atoms with Crippen molar-refractivity contribution < 1.29 is 9.90 Å². The maximum atomic E-state index is 12.9. The Bertz CT molecular complexity index is 1020. The largest absolute Gasteiger partial charge is 0.388 e. The highest BCUT2D eigenvalue weighted by Gasteiger charge is 2.18. The summed E-state index contributed by atoms with van der Waals surface area (Å²) in [4.78, 5) is 24.2. The van der Waals surface area contributed by atoms with Crippen molar-refractivity contribution in [2.75, 3.05) is 0 Å². The third-order valence-electron chi connectivity index (χ3n) is 4.39. The lowest BCUT2D eigenvalue weighted by molar-refractivity contribution is 0.0943. The Morgan fingerprint density at radius 2 is 1.78 bits per heavy atom. The average molecular weight is 358 g/mol. The molecule has 134 valence electrons. The molecule has 0 saturated carbocycles. The minimum Gasteiger partial charge on any atom is -0.388 e. The minimum atomic E-state index is -0.285. The molecule has 1 amide bonds. The molecule has 2 heterocycles. The van der Waals surface area contributed by atoms with E-state index in [1.165, 1.54) is 0 Å². The number of benzene rings is 2. The molecule has 0 bridgehead atoms. The first-order chi connectivity index (χ1) is 13.2. The molecule has 6 heteroatoms. The normalized spacial score (nSPS) is 12.0. The van der Waals surface area contributed by atoms with Crippen molar-refractivity contribution >= 4 is 16.9 Å². The first-order valence-electron chi connectivity index (χ1n) is 8.60. The third kappa shape index (κ3) is 3.56. The van der Waals surface area contributed by atoms with Crippen molar-refractivity contribution in [2.24, 2.45) is 0 Å². The molecule has 4 rings (SSSR count). The van der Waals surface area contributed by atoms with Gasteiger partial charge in [-0.1, -0.05) is 30.3 Å². The van der Waals surface area contributed by atoms with Gasteiger partial charge >= 0.3 is 0 Å². The van der Waals surface area contributed by atoms with Crippen LogP contribution in [0.1, 0.15) is 33.4 Å². The van der Waals surface area contributed by atoms with Gasteiger partial charge in [0.2, 0.25) is 0 Å². The number of aliphatic hydroxyl groups is 1. The van der Waals surface area contributed by atoms with Gasteiger partial charge in [0, 0.05) is 18.0 Å². The summed E-state index contributed by atoms with van der Waals surface area (Å²) in [7, 11) is 0. The standard InChI is InChI=1S/C21H18N4O2/c26-13-19-23-17-7-6-16(12-18(17)24-19)21(27)25-20(14-4-2-1-3-5-14)15-8-10-22-11-9-15/h1-12,20,26H,13H2,(H,23,24)(H,25,27)/t20-/m0/s1. The molecule has 4 aromatic rings. The first-order valence-corrected chi connectivity index (χ1v) is 8.60. The van der Waals surface area contributed by atoms with E-state index in [-0.39, 0.29) is 18.6 Å². The van der Waals surface area contributed by atoms with E-state index in [1.807, 2.05) is 42.5 Å². The number of aromatic nitrogens is 3. The first kappa shape index (κ1) is 16.9. The SMILES string of the molecule is O=C(N[C@@H](c1ccccc1)c1ccncc1)c1ccc2nc(CO)[nH]c2c1. The van der Waals surface area contributed by atoms with Crippen LogP contribution in [0.2, 0.25) is 0 Å². The van der Waals surface area contributed by atoms with Crippen LogP contribution in [0.3, 0.4) is 0 Å². The molecule has 27 heavy (non-hydrogen) atoms. The number of amides is 1. The number of aromatic amines is 1. The lowest BCUT2D eigenvalue weighted by Gasteiger charge is -2.19. The maximum absolute atomic E-state index is 12.9. The summed E-state index contributed by atoms with van der Waals surface area (Å²) in [6.07, 6.45) is 3.43. The molecule has 0 aliphatic carbocycles. The molecule has 0 aliphatic heterocycles. The fourth-order valence-corrected chi connectivity index (χ4v) is 3.05. The van der Waals surface area contributed by atoms with Crippen LogP contribution < -0.4 is 5.32 Å². The number of aliphatic hydroxyl groups excluding tert-OH is 1. The highest BCUT2D eigenvalue weighted by molar-refractivity contribution is 5.97. The predicted octanol–water partition coefficient (Wildman–Crippen LogP) is 2.97. The number of rotatable bonds is 5. The zero-order valence-corrected chi connectivity index (χ0v) is 14.5. The van der Waals surface area contributed by atoms with Gasteiger partial charge in [0.15, 0.2) is 0 Å². The quantitative estimate of drug-likeness (QED) is 0.511. The molecule has 3 N–H and O–H groups in total. The molecule has 0 unspecified atom stereocenters. The van der Waals surface area contributed by atoms with E-state index in [1.54, 1.807) is 30.6 Å². The van der Waals surface area contributed by atoms with Gasteiger partial charge in [-0.3, -0.25) is 9.78 Å². The van der Waals surface area contributed by atoms with Crippen LogP contribution in [0.5, 0.6) is 0 Å². The number of H-pyrrole nitrogens is 1. The summed E-state index contributed by atoms with van der Waals surface area (Å²) in [6.45, 7) is -0.172.